The minimum absolute atomic E-state index is 0.00894. The third-order valence-corrected chi connectivity index (χ3v) is 4.16. The Kier molecular flexibility index (Phi) is 3.76. The fourth-order valence-corrected chi connectivity index (χ4v) is 3.31. The van der Waals surface area contributed by atoms with Gasteiger partial charge < -0.3 is 4.90 Å². The predicted molar refractivity (Wildman–Crippen MR) is 69.5 cm³/mol. The summed E-state index contributed by atoms with van der Waals surface area (Å²) in [4.78, 5) is 14.4. The number of carbonyl (C=O) groups excluding carboxylic acids is 1. The lowest BCUT2D eigenvalue weighted by Gasteiger charge is -2.31. The van der Waals surface area contributed by atoms with Gasteiger partial charge in [-0.3, -0.25) is 10.1 Å². The van der Waals surface area contributed by atoms with Crippen LogP contribution >= 0.6 is 0 Å². The highest BCUT2D eigenvalue weighted by Gasteiger charge is 2.42. The van der Waals surface area contributed by atoms with E-state index in [0.29, 0.717) is 17.9 Å². The molecule has 0 bridgehead atoms. The molecule has 1 amide bonds. The first-order valence-corrected chi connectivity index (χ1v) is 7.07. The maximum absolute atomic E-state index is 12.3. The van der Waals surface area contributed by atoms with Gasteiger partial charge in [-0.05, 0) is 44.4 Å². The molecule has 4 atom stereocenters. The van der Waals surface area contributed by atoms with E-state index < -0.39 is 0 Å². The smallest absolute Gasteiger partial charge is 0.240 e. The lowest BCUT2D eigenvalue weighted by atomic mass is 10.1. The largest absolute Gasteiger partial charge is 0.323 e. The van der Waals surface area contributed by atoms with Gasteiger partial charge in [0.2, 0.25) is 5.91 Å². The van der Waals surface area contributed by atoms with Crippen LogP contribution in [-0.4, -0.2) is 29.1 Å². The molecule has 3 heteroatoms. The van der Waals surface area contributed by atoms with Crippen molar-refractivity contribution in [3.05, 3.63) is 0 Å². The summed E-state index contributed by atoms with van der Waals surface area (Å²) in [6.07, 6.45) is 5.00. The lowest BCUT2D eigenvalue weighted by molar-refractivity contribution is -0.132. The van der Waals surface area contributed by atoms with E-state index in [1.807, 2.05) is 6.92 Å². The van der Waals surface area contributed by atoms with Gasteiger partial charge >= 0.3 is 0 Å². The van der Waals surface area contributed by atoms with Crippen molar-refractivity contribution in [2.75, 3.05) is 0 Å². The van der Waals surface area contributed by atoms with Gasteiger partial charge in [0, 0.05) is 6.04 Å². The molecule has 2 rings (SSSR count). The summed E-state index contributed by atoms with van der Waals surface area (Å²) in [5.74, 6) is 1.73. The number of hydrogen-bond donors (Lipinski definition) is 1. The van der Waals surface area contributed by atoms with Crippen LogP contribution in [-0.2, 0) is 4.79 Å². The first-order chi connectivity index (χ1) is 7.99. The fourth-order valence-electron chi connectivity index (χ4n) is 3.31. The van der Waals surface area contributed by atoms with Crippen LogP contribution in [0.15, 0.2) is 0 Å². The van der Waals surface area contributed by atoms with E-state index in [9.17, 15) is 4.79 Å². The van der Waals surface area contributed by atoms with E-state index in [2.05, 4.69) is 31.0 Å². The Labute approximate surface area is 105 Å². The Morgan fingerprint density at radius 3 is 2.59 bits per heavy atom. The average molecular weight is 238 g/mol. The normalized spacial score (nSPS) is 38.4. The van der Waals surface area contributed by atoms with Crippen molar-refractivity contribution < 1.29 is 4.79 Å². The number of carbonyl (C=O) groups is 1. The molecule has 1 heterocycles. The fraction of sp³-hybridized carbons (Fsp3) is 0.929. The van der Waals surface area contributed by atoms with Gasteiger partial charge in [-0.1, -0.05) is 20.8 Å². The summed E-state index contributed by atoms with van der Waals surface area (Å²) in [6, 6.07) is 0.494. The van der Waals surface area contributed by atoms with Crippen LogP contribution in [0.25, 0.3) is 0 Å². The van der Waals surface area contributed by atoms with Gasteiger partial charge in [0.15, 0.2) is 0 Å². The molecular formula is C14H26N2O. The molecule has 0 aromatic carbocycles. The zero-order valence-electron chi connectivity index (χ0n) is 11.6. The van der Waals surface area contributed by atoms with Crippen LogP contribution in [0, 0.1) is 11.8 Å². The maximum atomic E-state index is 12.3. The average Bonchev–Trinajstić information content (AvgIpc) is 2.73. The summed E-state index contributed by atoms with van der Waals surface area (Å²) in [6.45, 7) is 8.75. The monoisotopic (exact) mass is 238 g/mol. The Bertz CT molecular complexity index is 290. The highest BCUT2D eigenvalue weighted by Crippen LogP contribution is 2.33. The van der Waals surface area contributed by atoms with E-state index in [4.69, 9.17) is 0 Å². The minimum Gasteiger partial charge on any atom is -0.323 e. The highest BCUT2D eigenvalue weighted by atomic mass is 16.2. The summed E-state index contributed by atoms with van der Waals surface area (Å²) in [5, 5.41) is 3.45. The van der Waals surface area contributed by atoms with Crippen LogP contribution in [0.3, 0.4) is 0 Å². The van der Waals surface area contributed by atoms with Crippen molar-refractivity contribution in [3.8, 4) is 0 Å². The Morgan fingerprint density at radius 2 is 2.06 bits per heavy atom. The number of nitrogens with one attached hydrogen (secondary N) is 1. The second-order valence-electron chi connectivity index (χ2n) is 6.35. The second-order valence-corrected chi connectivity index (χ2v) is 6.35. The molecule has 0 radical (unpaired) electrons. The third-order valence-electron chi connectivity index (χ3n) is 4.16. The molecule has 1 saturated carbocycles. The van der Waals surface area contributed by atoms with Crippen LogP contribution in [0.5, 0.6) is 0 Å². The summed E-state index contributed by atoms with van der Waals surface area (Å²) >= 11 is 0. The zero-order valence-corrected chi connectivity index (χ0v) is 11.6. The van der Waals surface area contributed by atoms with Gasteiger partial charge in [-0.25, -0.2) is 0 Å². The first kappa shape index (κ1) is 12.9. The van der Waals surface area contributed by atoms with Crippen molar-refractivity contribution in [3.63, 3.8) is 0 Å². The Balaban J connectivity index is 2.07. The molecule has 1 aliphatic heterocycles. The van der Waals surface area contributed by atoms with E-state index in [1.54, 1.807) is 0 Å². The molecule has 0 aromatic heterocycles. The third kappa shape index (κ3) is 2.65. The highest BCUT2D eigenvalue weighted by molar-refractivity contribution is 5.84. The molecule has 3 nitrogen and oxygen atoms in total. The molecule has 4 unspecified atom stereocenters. The van der Waals surface area contributed by atoms with Gasteiger partial charge in [0.1, 0.15) is 0 Å². The zero-order chi connectivity index (χ0) is 12.6. The molecule has 17 heavy (non-hydrogen) atoms. The lowest BCUT2D eigenvalue weighted by Crippen LogP contribution is -2.44. The van der Waals surface area contributed by atoms with Crippen molar-refractivity contribution in [1.82, 2.24) is 10.2 Å². The molecule has 98 valence electrons. The molecular weight excluding hydrogens is 212 g/mol. The number of hydrogen-bond acceptors (Lipinski definition) is 2. The maximum Gasteiger partial charge on any atom is 0.240 e. The predicted octanol–water partition coefficient (Wildman–Crippen LogP) is 2.37. The number of nitrogens with zero attached hydrogens (tertiary/aromatic N) is 1. The van der Waals surface area contributed by atoms with Crippen LogP contribution in [0.2, 0.25) is 0 Å². The van der Waals surface area contributed by atoms with Gasteiger partial charge in [0.25, 0.3) is 0 Å². The van der Waals surface area contributed by atoms with Gasteiger partial charge in [-0.15, -0.1) is 0 Å². The molecule has 2 fully saturated rings. The molecule has 0 aromatic rings. The molecule has 0 spiro atoms. The second kappa shape index (κ2) is 4.97. The summed E-state index contributed by atoms with van der Waals surface area (Å²) in [7, 11) is 0. The van der Waals surface area contributed by atoms with Crippen molar-refractivity contribution in [2.24, 2.45) is 11.8 Å². The molecule has 2 aliphatic rings. The van der Waals surface area contributed by atoms with Crippen molar-refractivity contribution >= 4 is 5.91 Å². The first-order valence-electron chi connectivity index (χ1n) is 7.07. The van der Waals surface area contributed by atoms with Gasteiger partial charge in [-0.2, -0.15) is 0 Å². The van der Waals surface area contributed by atoms with E-state index in [0.717, 1.165) is 12.3 Å². The van der Waals surface area contributed by atoms with Crippen molar-refractivity contribution in [1.29, 1.82) is 0 Å². The Hall–Kier alpha value is -0.570. The van der Waals surface area contributed by atoms with Crippen LogP contribution in [0.1, 0.15) is 53.4 Å². The van der Waals surface area contributed by atoms with Crippen LogP contribution in [0.4, 0.5) is 0 Å². The topological polar surface area (TPSA) is 32.3 Å². The van der Waals surface area contributed by atoms with Crippen molar-refractivity contribution in [2.45, 2.75) is 71.6 Å². The molecule has 1 aliphatic carbocycles. The SMILES string of the molecule is CC(C)CC1NC(C)C(=O)N1C1CCC(C)C1. The minimum atomic E-state index is 0.00894. The van der Waals surface area contributed by atoms with E-state index in [-0.39, 0.29) is 12.2 Å². The Morgan fingerprint density at radius 1 is 1.35 bits per heavy atom. The number of amides is 1. The number of rotatable bonds is 3. The van der Waals surface area contributed by atoms with E-state index >= 15 is 0 Å². The summed E-state index contributed by atoms with van der Waals surface area (Å²) < 4.78 is 0. The molecule has 1 N–H and O–H groups in total. The molecule has 1 saturated heterocycles. The quantitative estimate of drug-likeness (QED) is 0.818. The van der Waals surface area contributed by atoms with Crippen LogP contribution < -0.4 is 5.32 Å². The van der Waals surface area contributed by atoms with E-state index in [1.165, 1.54) is 19.3 Å². The van der Waals surface area contributed by atoms with Gasteiger partial charge in [0.05, 0.1) is 12.2 Å². The standard InChI is InChI=1S/C14H26N2O/c1-9(2)7-13-15-11(4)14(17)16(13)12-6-5-10(3)8-12/h9-13,15H,5-8H2,1-4H3. The summed E-state index contributed by atoms with van der Waals surface area (Å²) in [5.41, 5.74) is 0.